The Balaban J connectivity index is 0.00000307. The summed E-state index contributed by atoms with van der Waals surface area (Å²) in [5.74, 6) is 0. The minimum absolute atomic E-state index is 0.0966. The van der Waals surface area contributed by atoms with Crippen LogP contribution in [-0.2, 0) is 30.1 Å². The Bertz CT molecular complexity index is 2390. The molecule has 0 fully saturated rings. The number of hydrogen-bond acceptors (Lipinski definition) is 8. The summed E-state index contributed by atoms with van der Waals surface area (Å²) < 4.78 is 2.85. The predicted molar refractivity (Wildman–Crippen MR) is 290 cm³/mol. The van der Waals surface area contributed by atoms with Gasteiger partial charge >= 0.3 is 0 Å². The number of thiophene rings is 7. The van der Waals surface area contributed by atoms with Crippen LogP contribution in [0.2, 0.25) is 0 Å². The molecule has 0 bridgehead atoms. The Morgan fingerprint density at radius 1 is 0.541 bits per heavy atom. The van der Waals surface area contributed by atoms with Crippen LogP contribution in [0.4, 0.5) is 0 Å². The number of aryl methyl sites for hydroxylation is 2. The van der Waals surface area contributed by atoms with Gasteiger partial charge < -0.3 is 0 Å². The maximum Gasteiger partial charge on any atom is 0.0460 e. The van der Waals surface area contributed by atoms with E-state index in [1.165, 1.54) is 143 Å². The van der Waals surface area contributed by atoms with Crippen molar-refractivity contribution in [3.8, 4) is 29.9 Å². The molecule has 7 rings (SSSR count). The Kier molecular flexibility index (Phi) is 17.9. The van der Waals surface area contributed by atoms with E-state index < -0.39 is 0 Å². The summed E-state index contributed by atoms with van der Waals surface area (Å²) in [6.45, 7) is 25.1. The van der Waals surface area contributed by atoms with E-state index >= 15 is 0 Å². The van der Waals surface area contributed by atoms with E-state index in [0.29, 0.717) is 5.25 Å². The maximum absolute atomic E-state index is 2.54. The van der Waals surface area contributed by atoms with Gasteiger partial charge in [0.2, 0.25) is 0 Å². The Morgan fingerprint density at radius 2 is 1.03 bits per heavy atom. The van der Waals surface area contributed by atoms with Crippen molar-refractivity contribution in [3.05, 3.63) is 107 Å². The largest absolute Gasteiger partial charge is 0.143 e. The quantitative estimate of drug-likeness (QED) is 0.0728. The summed E-state index contributed by atoms with van der Waals surface area (Å²) in [4.78, 5) is 18.8. The van der Waals surface area contributed by atoms with Gasteiger partial charge in [0, 0.05) is 90.1 Å². The molecule has 328 valence electrons. The van der Waals surface area contributed by atoms with E-state index in [2.05, 4.69) is 147 Å². The normalized spacial score (nSPS) is 13.0. The van der Waals surface area contributed by atoms with Gasteiger partial charge in [-0.3, -0.25) is 0 Å². The number of allylic oxidation sites excluding steroid dienone is 1. The zero-order valence-electron chi connectivity index (χ0n) is 38.5. The molecular formula is C53H68S8. The van der Waals surface area contributed by atoms with Crippen LogP contribution >= 0.6 is 91.1 Å². The van der Waals surface area contributed by atoms with Gasteiger partial charge in [0.15, 0.2) is 0 Å². The molecule has 0 nitrogen and oxygen atoms in total. The summed E-state index contributed by atoms with van der Waals surface area (Å²) >= 11 is 16.0. The first-order valence-electron chi connectivity index (χ1n) is 22.7. The number of hydrogen-bond donors (Lipinski definition) is 0. The fraction of sp³-hybridized carbons (Fsp3) is 0.472. The molecule has 7 aromatic rings. The molecule has 7 aromatic heterocycles. The molecule has 0 spiro atoms. The van der Waals surface area contributed by atoms with Gasteiger partial charge in [-0.2, -0.15) is 0 Å². The van der Waals surface area contributed by atoms with Crippen LogP contribution in [-0.4, -0.2) is 0 Å². The van der Waals surface area contributed by atoms with E-state index in [1.54, 1.807) is 0 Å². The second-order valence-corrected chi connectivity index (χ2v) is 27.2. The predicted octanol–water partition coefficient (Wildman–Crippen LogP) is 21.2. The zero-order chi connectivity index (χ0) is 43.7. The van der Waals surface area contributed by atoms with Crippen molar-refractivity contribution in [1.29, 1.82) is 0 Å². The highest BCUT2D eigenvalue weighted by Crippen LogP contribution is 2.52. The van der Waals surface area contributed by atoms with Gasteiger partial charge in [0.25, 0.3) is 0 Å². The van der Waals surface area contributed by atoms with Crippen molar-refractivity contribution in [1.82, 2.24) is 0 Å². The van der Waals surface area contributed by atoms with Crippen molar-refractivity contribution in [3.63, 3.8) is 0 Å². The van der Waals surface area contributed by atoms with Crippen LogP contribution in [0.1, 0.15) is 167 Å². The van der Waals surface area contributed by atoms with Crippen molar-refractivity contribution >= 4 is 105 Å². The van der Waals surface area contributed by atoms with Gasteiger partial charge in [-0.1, -0.05) is 114 Å². The zero-order valence-corrected chi connectivity index (χ0v) is 45.1. The van der Waals surface area contributed by atoms with Gasteiger partial charge in [-0.05, 0) is 110 Å². The van der Waals surface area contributed by atoms with Gasteiger partial charge in [0.05, 0.1) is 0 Å². The Labute approximate surface area is 401 Å². The van der Waals surface area contributed by atoms with E-state index in [-0.39, 0.29) is 10.8 Å². The van der Waals surface area contributed by atoms with Crippen LogP contribution in [0.3, 0.4) is 0 Å². The SMILES string of the molecule is CC.CCCCCCc1ccc(-c2ccc(C/C=C(\SC(C)c3sc(C(C)(C)C)cc3-c3ccc(-c4ccc(CCCCCC)s4)s3)c3cc4sc(C(C)(C)C)cc4s3)s2)s1. The molecule has 0 aliphatic carbocycles. The van der Waals surface area contributed by atoms with Crippen LogP contribution < -0.4 is 0 Å². The summed E-state index contributed by atoms with van der Waals surface area (Å²) in [5.41, 5.74) is 1.69. The molecule has 0 aliphatic heterocycles. The smallest absolute Gasteiger partial charge is 0.0460 e. The lowest BCUT2D eigenvalue weighted by Crippen LogP contribution is -2.07. The van der Waals surface area contributed by atoms with Crippen LogP contribution in [0.25, 0.3) is 44.3 Å². The molecule has 0 amide bonds. The summed E-state index contributed by atoms with van der Waals surface area (Å²) in [6.07, 6.45) is 16.5. The van der Waals surface area contributed by atoms with Crippen LogP contribution in [0, 0.1) is 0 Å². The van der Waals surface area contributed by atoms with Crippen LogP contribution in [0.5, 0.6) is 0 Å². The second-order valence-electron chi connectivity index (χ2n) is 18.0. The topological polar surface area (TPSA) is 0 Å². The fourth-order valence-electron chi connectivity index (χ4n) is 7.22. The lowest BCUT2D eigenvalue weighted by Gasteiger charge is -2.16. The first-order valence-corrected chi connectivity index (χ1v) is 29.3. The lowest BCUT2D eigenvalue weighted by atomic mass is 9.94. The van der Waals surface area contributed by atoms with Crippen molar-refractivity contribution < 1.29 is 0 Å². The molecule has 1 unspecified atom stereocenters. The summed E-state index contributed by atoms with van der Waals surface area (Å²) in [5, 5.41) is 0.311. The third-order valence-electron chi connectivity index (χ3n) is 10.7. The number of rotatable bonds is 19. The highest BCUT2D eigenvalue weighted by molar-refractivity contribution is 8.08. The Hall–Kier alpha value is -1.75. The molecule has 0 N–H and O–H groups in total. The minimum Gasteiger partial charge on any atom is -0.143 e. The molecule has 8 heteroatoms. The summed E-state index contributed by atoms with van der Waals surface area (Å²) in [6, 6.07) is 26.4. The monoisotopic (exact) mass is 960 g/mol. The molecule has 0 radical (unpaired) electrons. The molecular weight excluding hydrogens is 893 g/mol. The highest BCUT2D eigenvalue weighted by Gasteiger charge is 2.26. The standard InChI is InChI=1S/C51H62S8.C2H6/c1-10-12-14-16-18-34-20-24-39(53-34)40-26-22-36(55-40)23-27-43(44-31-45-46(57-44)32-48(58-45)51(7,8)9)52-33(3)49-37(30-47(59-49)50(4,5)6)38-28-29-42(56-38)41-25-21-35(54-41)19-17-15-13-11-2;1-2/h20-22,24-33H,10-19,23H2,1-9H3;1-2H3/b43-27-;. The van der Waals surface area contributed by atoms with Crippen molar-refractivity contribution in [2.75, 3.05) is 0 Å². The van der Waals surface area contributed by atoms with E-state index in [4.69, 9.17) is 0 Å². The summed E-state index contributed by atoms with van der Waals surface area (Å²) in [7, 11) is 0. The molecule has 0 aromatic carbocycles. The molecule has 61 heavy (non-hydrogen) atoms. The van der Waals surface area contributed by atoms with Gasteiger partial charge in [-0.15, -0.1) is 91.1 Å². The number of fused-ring (bicyclic) bond motifs is 1. The Morgan fingerprint density at radius 3 is 1.59 bits per heavy atom. The molecule has 1 atom stereocenters. The number of unbranched alkanes of at least 4 members (excludes halogenated alkanes) is 6. The average Bonchev–Trinajstić information content (AvgIpc) is 4.06. The lowest BCUT2D eigenvalue weighted by molar-refractivity contribution is 0.604. The third kappa shape index (κ3) is 13.0. The molecule has 0 saturated carbocycles. The third-order valence-corrected chi connectivity index (χ3v) is 21.7. The van der Waals surface area contributed by atoms with Crippen molar-refractivity contribution in [2.24, 2.45) is 0 Å². The molecule has 7 heterocycles. The van der Waals surface area contributed by atoms with Crippen LogP contribution in [0.15, 0.2) is 72.8 Å². The first kappa shape index (κ1) is 48.7. The minimum atomic E-state index is 0.0966. The first-order chi connectivity index (χ1) is 29.3. The second kappa shape index (κ2) is 22.4. The molecule has 0 saturated heterocycles. The highest BCUT2D eigenvalue weighted by atomic mass is 32.2. The van der Waals surface area contributed by atoms with E-state index in [1.807, 2.05) is 93.2 Å². The fourth-order valence-corrected chi connectivity index (χ4v) is 16.6. The molecule has 0 aliphatic rings. The maximum atomic E-state index is 2.54. The van der Waals surface area contributed by atoms with Gasteiger partial charge in [-0.25, -0.2) is 0 Å². The van der Waals surface area contributed by atoms with E-state index in [0.717, 1.165) is 6.42 Å². The van der Waals surface area contributed by atoms with Crippen molar-refractivity contribution in [2.45, 2.75) is 163 Å². The average molecular weight is 962 g/mol. The van der Waals surface area contributed by atoms with E-state index in [9.17, 15) is 0 Å². The number of thioether (sulfide) groups is 1. The van der Waals surface area contributed by atoms with Gasteiger partial charge in [0.1, 0.15) is 0 Å².